The second kappa shape index (κ2) is 8.85. The summed E-state index contributed by atoms with van der Waals surface area (Å²) >= 11 is 4.91. The van der Waals surface area contributed by atoms with Crippen molar-refractivity contribution in [3.63, 3.8) is 0 Å². The molecule has 26 heavy (non-hydrogen) atoms. The van der Waals surface area contributed by atoms with Crippen LogP contribution in [0.3, 0.4) is 0 Å². The third-order valence-electron chi connectivity index (χ3n) is 5.47. The molecule has 0 unspecified atom stereocenters. The number of ether oxygens (including phenoxy) is 2. The zero-order valence-electron chi connectivity index (χ0n) is 15.3. The average Bonchev–Trinajstić information content (AvgIpc) is 3.04. The molecule has 5 nitrogen and oxygen atoms in total. The topological polar surface area (TPSA) is 55.8 Å². The van der Waals surface area contributed by atoms with Gasteiger partial charge < -0.3 is 9.47 Å². The fraction of sp³-hybridized carbons (Fsp3) is 0.684. The van der Waals surface area contributed by atoms with Gasteiger partial charge in [0.25, 0.3) is 0 Å². The van der Waals surface area contributed by atoms with Gasteiger partial charge in [-0.05, 0) is 66.4 Å². The number of rotatable bonds is 4. The van der Waals surface area contributed by atoms with Crippen LogP contribution in [-0.2, 0) is 14.3 Å². The SMILES string of the molecule is COC(=O)c1cc(Br)sc1N(C(=O)C1CCC(C)CC1)C1CCOCC1. The van der Waals surface area contributed by atoms with Gasteiger partial charge in [0.05, 0.1) is 16.5 Å². The Bertz CT molecular complexity index is 648. The van der Waals surface area contributed by atoms with E-state index in [2.05, 4.69) is 22.9 Å². The highest BCUT2D eigenvalue weighted by atomic mass is 79.9. The van der Waals surface area contributed by atoms with E-state index in [9.17, 15) is 9.59 Å². The van der Waals surface area contributed by atoms with Gasteiger partial charge in [-0.1, -0.05) is 6.92 Å². The minimum atomic E-state index is -0.399. The highest BCUT2D eigenvalue weighted by Gasteiger charge is 2.36. The van der Waals surface area contributed by atoms with Gasteiger partial charge in [0.1, 0.15) is 5.00 Å². The summed E-state index contributed by atoms with van der Waals surface area (Å²) in [5, 5.41) is 0.708. The van der Waals surface area contributed by atoms with Crippen molar-refractivity contribution in [2.45, 2.75) is 51.5 Å². The van der Waals surface area contributed by atoms with Gasteiger partial charge in [0.15, 0.2) is 0 Å². The lowest BCUT2D eigenvalue weighted by Gasteiger charge is -2.37. The quantitative estimate of drug-likeness (QED) is 0.636. The van der Waals surface area contributed by atoms with Crippen LogP contribution in [0.25, 0.3) is 0 Å². The van der Waals surface area contributed by atoms with Crippen LogP contribution in [-0.4, -0.2) is 38.2 Å². The summed E-state index contributed by atoms with van der Waals surface area (Å²) in [6.45, 7) is 3.55. The molecule has 0 spiro atoms. The Balaban J connectivity index is 1.93. The van der Waals surface area contributed by atoms with Crippen molar-refractivity contribution < 1.29 is 19.1 Å². The van der Waals surface area contributed by atoms with Gasteiger partial charge in [-0.25, -0.2) is 4.79 Å². The number of nitrogens with zero attached hydrogens (tertiary/aromatic N) is 1. The summed E-state index contributed by atoms with van der Waals surface area (Å²) in [6.07, 6.45) is 5.64. The maximum absolute atomic E-state index is 13.5. The number of carbonyl (C=O) groups excluding carboxylic acids is 2. The number of hydrogen-bond donors (Lipinski definition) is 0. The zero-order chi connectivity index (χ0) is 18.7. The third-order valence-corrected chi connectivity index (χ3v) is 7.10. The maximum atomic E-state index is 13.5. The van der Waals surface area contributed by atoms with Crippen molar-refractivity contribution in [2.24, 2.45) is 11.8 Å². The molecule has 0 bridgehead atoms. The van der Waals surface area contributed by atoms with Crippen molar-refractivity contribution in [3.8, 4) is 0 Å². The first-order valence-electron chi connectivity index (χ1n) is 9.29. The smallest absolute Gasteiger partial charge is 0.340 e. The van der Waals surface area contributed by atoms with Crippen LogP contribution in [0, 0.1) is 11.8 Å². The minimum Gasteiger partial charge on any atom is -0.465 e. The highest BCUT2D eigenvalue weighted by Crippen LogP contribution is 2.40. The van der Waals surface area contributed by atoms with E-state index in [1.807, 2.05) is 4.90 Å². The number of carbonyl (C=O) groups is 2. The lowest BCUT2D eigenvalue weighted by atomic mass is 9.82. The summed E-state index contributed by atoms with van der Waals surface area (Å²) in [6, 6.07) is 1.83. The Morgan fingerprint density at radius 3 is 2.46 bits per heavy atom. The molecule has 1 saturated heterocycles. The predicted molar refractivity (Wildman–Crippen MR) is 106 cm³/mol. The molecule has 2 fully saturated rings. The number of amides is 1. The van der Waals surface area contributed by atoms with Crippen LogP contribution >= 0.6 is 27.3 Å². The van der Waals surface area contributed by atoms with Crippen molar-refractivity contribution in [1.82, 2.24) is 0 Å². The number of hydrogen-bond acceptors (Lipinski definition) is 5. The van der Waals surface area contributed by atoms with Gasteiger partial charge in [0, 0.05) is 25.2 Å². The minimum absolute atomic E-state index is 0.0421. The fourth-order valence-corrected chi connectivity index (χ4v) is 5.52. The Morgan fingerprint density at radius 2 is 1.85 bits per heavy atom. The molecule has 1 aliphatic carbocycles. The van der Waals surface area contributed by atoms with E-state index in [1.165, 1.54) is 18.4 Å². The lowest BCUT2D eigenvalue weighted by Crippen LogP contribution is -2.47. The van der Waals surface area contributed by atoms with E-state index in [4.69, 9.17) is 9.47 Å². The van der Waals surface area contributed by atoms with E-state index in [0.29, 0.717) is 29.7 Å². The summed E-state index contributed by atoms with van der Waals surface area (Å²) in [5.74, 6) is 0.491. The lowest BCUT2D eigenvalue weighted by molar-refractivity contribution is -0.124. The summed E-state index contributed by atoms with van der Waals surface area (Å²) < 4.78 is 11.3. The van der Waals surface area contributed by atoms with Gasteiger partial charge in [0.2, 0.25) is 5.91 Å². The molecule has 0 atom stereocenters. The van der Waals surface area contributed by atoms with Crippen LogP contribution in [0.5, 0.6) is 0 Å². The number of anilines is 1. The molecular formula is C19H26BrNO4S. The Kier molecular flexibility index (Phi) is 6.75. The molecule has 1 saturated carbocycles. The molecule has 1 amide bonds. The molecule has 1 aliphatic heterocycles. The summed E-state index contributed by atoms with van der Waals surface area (Å²) in [7, 11) is 1.38. The van der Waals surface area contributed by atoms with E-state index in [1.54, 1.807) is 6.07 Å². The number of halogens is 1. The van der Waals surface area contributed by atoms with E-state index >= 15 is 0 Å². The second-order valence-electron chi connectivity index (χ2n) is 7.27. The van der Waals surface area contributed by atoms with Crippen molar-refractivity contribution in [1.29, 1.82) is 0 Å². The molecule has 2 heterocycles. The normalized spacial score (nSPS) is 24.3. The number of methoxy groups -OCH3 is 1. The molecular weight excluding hydrogens is 418 g/mol. The number of thiophene rings is 1. The van der Waals surface area contributed by atoms with Crippen LogP contribution in [0.1, 0.15) is 55.8 Å². The first-order chi connectivity index (χ1) is 12.5. The average molecular weight is 444 g/mol. The molecule has 144 valence electrons. The van der Waals surface area contributed by atoms with Crippen LogP contribution in [0.2, 0.25) is 0 Å². The second-order valence-corrected chi connectivity index (χ2v) is 9.68. The molecule has 0 aromatic carbocycles. The fourth-order valence-electron chi connectivity index (χ4n) is 3.88. The first-order valence-corrected chi connectivity index (χ1v) is 10.9. The maximum Gasteiger partial charge on any atom is 0.340 e. The van der Waals surface area contributed by atoms with E-state index < -0.39 is 5.97 Å². The van der Waals surface area contributed by atoms with Gasteiger partial charge in [-0.15, -0.1) is 11.3 Å². The zero-order valence-corrected chi connectivity index (χ0v) is 17.7. The van der Waals surface area contributed by atoms with Crippen LogP contribution < -0.4 is 4.90 Å². The van der Waals surface area contributed by atoms with E-state index in [-0.39, 0.29) is 17.9 Å². The third kappa shape index (κ3) is 4.31. The largest absolute Gasteiger partial charge is 0.465 e. The molecule has 3 rings (SSSR count). The standard InChI is InChI=1S/C19H26BrNO4S/c1-12-3-5-13(6-4-12)17(22)21(14-7-9-25-10-8-14)18-15(19(23)24-2)11-16(20)26-18/h11-14H,3-10H2,1-2H3. The molecule has 7 heteroatoms. The first kappa shape index (κ1) is 19.8. The van der Waals surface area contributed by atoms with E-state index in [0.717, 1.165) is 42.3 Å². The Morgan fingerprint density at radius 1 is 1.19 bits per heavy atom. The van der Waals surface area contributed by atoms with Crippen molar-refractivity contribution in [3.05, 3.63) is 15.4 Å². The molecule has 2 aliphatic rings. The van der Waals surface area contributed by atoms with Gasteiger partial charge in [-0.2, -0.15) is 0 Å². The number of esters is 1. The Hall–Kier alpha value is -0.920. The van der Waals surface area contributed by atoms with Crippen LogP contribution in [0.15, 0.2) is 9.85 Å². The summed E-state index contributed by atoms with van der Waals surface area (Å²) in [5.41, 5.74) is 0.466. The van der Waals surface area contributed by atoms with Gasteiger partial charge in [-0.3, -0.25) is 9.69 Å². The summed E-state index contributed by atoms with van der Waals surface area (Å²) in [4.78, 5) is 27.7. The van der Waals surface area contributed by atoms with Gasteiger partial charge >= 0.3 is 5.97 Å². The monoisotopic (exact) mass is 443 g/mol. The molecule has 1 aromatic rings. The van der Waals surface area contributed by atoms with Crippen molar-refractivity contribution in [2.75, 3.05) is 25.2 Å². The molecule has 0 N–H and O–H groups in total. The highest BCUT2D eigenvalue weighted by molar-refractivity contribution is 9.11. The van der Waals surface area contributed by atoms with Crippen LogP contribution in [0.4, 0.5) is 5.00 Å². The van der Waals surface area contributed by atoms with Crippen molar-refractivity contribution >= 4 is 44.1 Å². The molecule has 1 aromatic heterocycles. The molecule has 0 radical (unpaired) electrons. The Labute approximate surface area is 167 Å². The predicted octanol–water partition coefficient (Wildman–Crippen LogP) is 4.64.